The number of rotatable bonds is 12. The Hall–Kier alpha value is -1.75. The lowest BCUT2D eigenvalue weighted by molar-refractivity contribution is -0.121. The van der Waals surface area contributed by atoms with Crippen LogP contribution in [0.25, 0.3) is 0 Å². The van der Waals surface area contributed by atoms with Gasteiger partial charge < -0.3 is 30.3 Å². The number of aliphatic imine (C=N–C) groups is 1. The number of nitrogens with one attached hydrogen (secondary N) is 3. The molecular formula is C23H42IN5O3. The van der Waals surface area contributed by atoms with E-state index in [9.17, 15) is 4.79 Å². The Balaban J connectivity index is 0.00000961. The average molecular weight is 564 g/mol. The second-order valence-electron chi connectivity index (χ2n) is 8.21. The molecule has 0 aromatic heterocycles. The molecule has 0 aliphatic heterocycles. The highest BCUT2D eigenvalue weighted by Gasteiger charge is 2.14. The number of carbonyl (C=O) groups excluding carboxylic acids is 1. The van der Waals surface area contributed by atoms with Crippen LogP contribution < -0.4 is 25.4 Å². The highest BCUT2D eigenvalue weighted by Crippen LogP contribution is 2.28. The number of nitrogens with zero attached hydrogens (tertiary/aromatic N) is 2. The Bertz CT molecular complexity index is 703. The van der Waals surface area contributed by atoms with Crippen LogP contribution in [0.5, 0.6) is 11.5 Å². The molecule has 0 fully saturated rings. The normalized spacial score (nSPS) is 11.6. The van der Waals surface area contributed by atoms with E-state index < -0.39 is 0 Å². The number of amides is 1. The molecule has 0 atom stereocenters. The van der Waals surface area contributed by atoms with E-state index in [1.54, 1.807) is 7.11 Å². The Kier molecular flexibility index (Phi) is 15.1. The second-order valence-corrected chi connectivity index (χ2v) is 8.21. The largest absolute Gasteiger partial charge is 0.493 e. The molecule has 9 heteroatoms. The van der Waals surface area contributed by atoms with E-state index in [0.717, 1.165) is 30.9 Å². The zero-order valence-corrected chi connectivity index (χ0v) is 23.0. The summed E-state index contributed by atoms with van der Waals surface area (Å²) in [5.41, 5.74) is 0.726. The monoisotopic (exact) mass is 563 g/mol. The van der Waals surface area contributed by atoms with Gasteiger partial charge in [0.2, 0.25) is 5.91 Å². The molecule has 0 aliphatic carbocycles. The van der Waals surface area contributed by atoms with Crippen molar-refractivity contribution in [3.63, 3.8) is 0 Å². The van der Waals surface area contributed by atoms with Crippen LogP contribution in [0.2, 0.25) is 0 Å². The first-order valence-electron chi connectivity index (χ1n) is 11.1. The number of methoxy groups -OCH3 is 1. The van der Waals surface area contributed by atoms with E-state index in [-0.39, 0.29) is 42.0 Å². The van der Waals surface area contributed by atoms with Crippen LogP contribution in [0, 0.1) is 0 Å². The molecule has 0 heterocycles. The lowest BCUT2D eigenvalue weighted by atomic mass is 10.1. The summed E-state index contributed by atoms with van der Waals surface area (Å²) in [4.78, 5) is 18.9. The van der Waals surface area contributed by atoms with Gasteiger partial charge in [0.15, 0.2) is 17.5 Å². The van der Waals surface area contributed by atoms with Crippen LogP contribution in [-0.4, -0.2) is 68.7 Å². The van der Waals surface area contributed by atoms with Gasteiger partial charge in [-0.3, -0.25) is 4.79 Å². The number of benzene rings is 1. The minimum atomic E-state index is -0.264. The lowest BCUT2D eigenvalue weighted by Gasteiger charge is -2.21. The molecule has 0 aliphatic rings. The first-order valence-corrected chi connectivity index (χ1v) is 11.1. The van der Waals surface area contributed by atoms with E-state index in [0.29, 0.717) is 31.4 Å². The van der Waals surface area contributed by atoms with Gasteiger partial charge in [-0.2, -0.15) is 0 Å². The van der Waals surface area contributed by atoms with Crippen molar-refractivity contribution in [2.75, 3.05) is 46.4 Å². The highest BCUT2D eigenvalue weighted by atomic mass is 127. The zero-order valence-electron chi connectivity index (χ0n) is 20.7. The van der Waals surface area contributed by atoms with Gasteiger partial charge in [-0.15, -0.1) is 24.0 Å². The molecule has 3 N–H and O–H groups in total. The van der Waals surface area contributed by atoms with Gasteiger partial charge in [0, 0.05) is 18.6 Å². The third-order valence-corrected chi connectivity index (χ3v) is 4.48. The fourth-order valence-corrected chi connectivity index (χ4v) is 2.89. The minimum absolute atomic E-state index is 0. The number of hydrogen-bond acceptors (Lipinski definition) is 5. The Morgan fingerprint density at radius 1 is 1.09 bits per heavy atom. The maximum absolute atomic E-state index is 12.0. The predicted molar refractivity (Wildman–Crippen MR) is 142 cm³/mol. The standard InChI is InChI=1S/C23H41N5O3.HI/c1-8-24-22(26-17-21(29)27-23(4,5)6)25-16-18-11-12-19(20(15-18)30-7)31-14-13-28(9-2)10-3;/h11-12,15H,8-10,13-14,16-17H2,1-7H3,(H,27,29)(H2,24,25,26);1H. The third-order valence-electron chi connectivity index (χ3n) is 4.48. The molecule has 32 heavy (non-hydrogen) atoms. The van der Waals surface area contributed by atoms with Crippen molar-refractivity contribution in [1.29, 1.82) is 0 Å². The molecule has 0 saturated carbocycles. The van der Waals surface area contributed by atoms with Gasteiger partial charge in [0.25, 0.3) is 0 Å². The van der Waals surface area contributed by atoms with Crippen LogP contribution in [0.4, 0.5) is 0 Å². The molecule has 1 rings (SSSR count). The maximum atomic E-state index is 12.0. The fourth-order valence-electron chi connectivity index (χ4n) is 2.89. The number of halogens is 1. The van der Waals surface area contributed by atoms with Gasteiger partial charge in [0.1, 0.15) is 6.61 Å². The third kappa shape index (κ3) is 12.3. The molecule has 184 valence electrons. The van der Waals surface area contributed by atoms with E-state index in [4.69, 9.17) is 9.47 Å². The highest BCUT2D eigenvalue weighted by molar-refractivity contribution is 14.0. The number of ether oxygens (including phenoxy) is 2. The zero-order chi connectivity index (χ0) is 23.3. The van der Waals surface area contributed by atoms with Gasteiger partial charge >= 0.3 is 0 Å². The van der Waals surface area contributed by atoms with Gasteiger partial charge in [0.05, 0.1) is 20.2 Å². The van der Waals surface area contributed by atoms with Crippen LogP contribution >= 0.6 is 24.0 Å². The number of carbonyl (C=O) groups is 1. The van der Waals surface area contributed by atoms with Crippen LogP contribution in [-0.2, 0) is 11.3 Å². The summed E-state index contributed by atoms with van der Waals surface area (Å²) in [5, 5.41) is 9.15. The van der Waals surface area contributed by atoms with Crippen LogP contribution in [0.3, 0.4) is 0 Å². The van der Waals surface area contributed by atoms with E-state index in [2.05, 4.69) is 39.7 Å². The van der Waals surface area contributed by atoms with Crippen molar-refractivity contribution in [3.8, 4) is 11.5 Å². The number of hydrogen-bond donors (Lipinski definition) is 3. The average Bonchev–Trinajstić information content (AvgIpc) is 2.72. The maximum Gasteiger partial charge on any atom is 0.239 e. The molecule has 1 amide bonds. The predicted octanol–water partition coefficient (Wildman–Crippen LogP) is 3.00. The Morgan fingerprint density at radius 2 is 1.78 bits per heavy atom. The van der Waals surface area contributed by atoms with Gasteiger partial charge in [-0.1, -0.05) is 19.9 Å². The molecule has 0 bridgehead atoms. The van der Waals surface area contributed by atoms with Gasteiger partial charge in [-0.05, 0) is 58.5 Å². The number of likely N-dealkylation sites (N-methyl/N-ethyl adjacent to an activating group) is 1. The molecule has 0 spiro atoms. The molecule has 0 radical (unpaired) electrons. The van der Waals surface area contributed by atoms with Crippen molar-refractivity contribution < 1.29 is 14.3 Å². The summed E-state index contributed by atoms with van der Waals surface area (Å²) in [6, 6.07) is 5.84. The molecule has 1 aromatic carbocycles. The summed E-state index contributed by atoms with van der Waals surface area (Å²) in [7, 11) is 1.64. The van der Waals surface area contributed by atoms with Crippen molar-refractivity contribution >= 4 is 35.8 Å². The van der Waals surface area contributed by atoms with E-state index in [1.807, 2.05) is 45.9 Å². The number of guanidine groups is 1. The van der Waals surface area contributed by atoms with E-state index in [1.165, 1.54) is 0 Å². The summed E-state index contributed by atoms with van der Waals surface area (Å²) >= 11 is 0. The molecule has 8 nitrogen and oxygen atoms in total. The first kappa shape index (κ1) is 30.2. The summed E-state index contributed by atoms with van der Waals surface area (Å²) < 4.78 is 11.4. The van der Waals surface area contributed by atoms with Crippen molar-refractivity contribution in [3.05, 3.63) is 23.8 Å². The van der Waals surface area contributed by atoms with E-state index >= 15 is 0 Å². The quantitative estimate of drug-likeness (QED) is 0.206. The molecule has 0 saturated heterocycles. The Morgan fingerprint density at radius 3 is 2.34 bits per heavy atom. The SMILES string of the molecule is CCNC(=NCc1ccc(OCCN(CC)CC)c(OC)c1)NCC(=O)NC(C)(C)C.I. The van der Waals surface area contributed by atoms with Crippen molar-refractivity contribution in [1.82, 2.24) is 20.9 Å². The van der Waals surface area contributed by atoms with Gasteiger partial charge in [-0.25, -0.2) is 4.99 Å². The minimum Gasteiger partial charge on any atom is -0.493 e. The summed E-state index contributed by atoms with van der Waals surface area (Å²) in [6.45, 7) is 17.0. The summed E-state index contributed by atoms with van der Waals surface area (Å²) in [6.07, 6.45) is 0. The topological polar surface area (TPSA) is 87.2 Å². The van der Waals surface area contributed by atoms with Crippen molar-refractivity contribution in [2.24, 2.45) is 4.99 Å². The lowest BCUT2D eigenvalue weighted by Crippen LogP contribution is -2.48. The molecule has 0 unspecified atom stereocenters. The molecule has 1 aromatic rings. The summed E-state index contributed by atoms with van der Waals surface area (Å²) in [5.74, 6) is 1.93. The van der Waals surface area contributed by atoms with Crippen LogP contribution in [0.1, 0.15) is 47.1 Å². The Labute approximate surface area is 210 Å². The second kappa shape index (κ2) is 16.0. The first-order chi connectivity index (χ1) is 14.7. The fraction of sp³-hybridized carbons (Fsp3) is 0.652. The van der Waals surface area contributed by atoms with Crippen molar-refractivity contribution in [2.45, 2.75) is 53.6 Å². The van der Waals surface area contributed by atoms with Crippen LogP contribution in [0.15, 0.2) is 23.2 Å². The smallest absolute Gasteiger partial charge is 0.239 e. The molecular weight excluding hydrogens is 521 g/mol.